The van der Waals surface area contributed by atoms with Crippen molar-refractivity contribution in [1.82, 2.24) is 10.6 Å². The van der Waals surface area contributed by atoms with E-state index in [2.05, 4.69) is 16.7 Å². The molecule has 1 rings (SSSR count). The molecule has 0 aromatic heterocycles. The van der Waals surface area contributed by atoms with Gasteiger partial charge in [0.25, 0.3) is 0 Å². The van der Waals surface area contributed by atoms with Gasteiger partial charge in [0.05, 0.1) is 17.7 Å². The first-order chi connectivity index (χ1) is 8.67. The molecule has 1 amide bonds. The molecule has 1 aromatic rings. The normalized spacial score (nSPS) is 11.6. The van der Waals surface area contributed by atoms with Gasteiger partial charge in [0, 0.05) is 13.0 Å². The van der Waals surface area contributed by atoms with Crippen LogP contribution in [0.5, 0.6) is 0 Å². The van der Waals surface area contributed by atoms with E-state index in [1.807, 2.05) is 26.0 Å². The first kappa shape index (κ1) is 14.2. The lowest BCUT2D eigenvalue weighted by Crippen LogP contribution is -2.29. The van der Waals surface area contributed by atoms with Crippen molar-refractivity contribution in [1.29, 1.82) is 5.26 Å². The van der Waals surface area contributed by atoms with Gasteiger partial charge in [-0.3, -0.25) is 4.79 Å². The summed E-state index contributed by atoms with van der Waals surface area (Å²) in [5, 5.41) is 14.7. The Kier molecular flexibility index (Phi) is 5.89. The van der Waals surface area contributed by atoms with Crippen LogP contribution in [0.1, 0.15) is 37.4 Å². The average molecular weight is 245 g/mol. The van der Waals surface area contributed by atoms with Crippen molar-refractivity contribution >= 4 is 5.91 Å². The van der Waals surface area contributed by atoms with E-state index in [1.165, 1.54) is 0 Å². The molecule has 0 spiro atoms. The number of amides is 1. The van der Waals surface area contributed by atoms with E-state index in [9.17, 15) is 4.79 Å². The number of nitrogens with zero attached hydrogens (tertiary/aromatic N) is 1. The van der Waals surface area contributed by atoms with Gasteiger partial charge in [0.15, 0.2) is 0 Å². The Morgan fingerprint density at radius 1 is 1.39 bits per heavy atom. The number of carbonyl (C=O) groups is 1. The molecule has 4 heteroatoms. The minimum absolute atomic E-state index is 0.0350. The van der Waals surface area contributed by atoms with E-state index in [1.54, 1.807) is 12.1 Å². The van der Waals surface area contributed by atoms with Crippen LogP contribution in [-0.2, 0) is 4.79 Å². The van der Waals surface area contributed by atoms with Gasteiger partial charge in [0.1, 0.15) is 0 Å². The number of hydrogen-bond donors (Lipinski definition) is 2. The summed E-state index contributed by atoms with van der Waals surface area (Å²) in [6.45, 7) is 5.52. The molecule has 0 saturated carbocycles. The first-order valence-electron chi connectivity index (χ1n) is 6.17. The Bertz CT molecular complexity index is 420. The van der Waals surface area contributed by atoms with E-state index in [4.69, 9.17) is 5.26 Å². The lowest BCUT2D eigenvalue weighted by Gasteiger charge is -2.14. The van der Waals surface area contributed by atoms with Gasteiger partial charge in [0.2, 0.25) is 5.91 Å². The maximum Gasteiger partial charge on any atom is 0.221 e. The van der Waals surface area contributed by atoms with Crippen molar-refractivity contribution in [3.8, 4) is 6.07 Å². The second-order valence-electron chi connectivity index (χ2n) is 4.13. The van der Waals surface area contributed by atoms with Gasteiger partial charge in [-0.1, -0.05) is 19.1 Å². The van der Waals surface area contributed by atoms with Crippen LogP contribution in [0.4, 0.5) is 0 Å². The van der Waals surface area contributed by atoms with E-state index >= 15 is 0 Å². The van der Waals surface area contributed by atoms with Crippen LogP contribution in [0, 0.1) is 11.3 Å². The summed E-state index contributed by atoms with van der Waals surface area (Å²) in [6.07, 6.45) is 0.481. The second kappa shape index (κ2) is 7.46. The number of hydrogen-bond acceptors (Lipinski definition) is 3. The summed E-state index contributed by atoms with van der Waals surface area (Å²) in [5.74, 6) is 0.0350. The summed E-state index contributed by atoms with van der Waals surface area (Å²) in [5.41, 5.74) is 1.63. The highest BCUT2D eigenvalue weighted by Crippen LogP contribution is 2.13. The molecular weight excluding hydrogens is 226 g/mol. The topological polar surface area (TPSA) is 64.9 Å². The number of nitriles is 1. The fraction of sp³-hybridized carbons (Fsp3) is 0.429. The van der Waals surface area contributed by atoms with Crippen LogP contribution in [0.2, 0.25) is 0 Å². The largest absolute Gasteiger partial charge is 0.350 e. The highest BCUT2D eigenvalue weighted by Gasteiger charge is 2.08. The Balaban J connectivity index is 2.46. The van der Waals surface area contributed by atoms with E-state index in [-0.39, 0.29) is 11.9 Å². The van der Waals surface area contributed by atoms with Crippen LogP contribution in [0.15, 0.2) is 24.3 Å². The Morgan fingerprint density at radius 2 is 2.06 bits per heavy atom. The third kappa shape index (κ3) is 4.56. The van der Waals surface area contributed by atoms with Gasteiger partial charge < -0.3 is 10.6 Å². The van der Waals surface area contributed by atoms with E-state index < -0.39 is 0 Å². The molecule has 0 radical (unpaired) electrons. The molecule has 1 atom stereocenters. The molecule has 2 N–H and O–H groups in total. The molecule has 0 fully saturated rings. The van der Waals surface area contributed by atoms with E-state index in [0.717, 1.165) is 12.1 Å². The molecule has 0 bridgehead atoms. The molecule has 0 aliphatic heterocycles. The third-order valence-electron chi connectivity index (χ3n) is 2.70. The zero-order valence-corrected chi connectivity index (χ0v) is 10.9. The highest BCUT2D eigenvalue weighted by atomic mass is 16.1. The lowest BCUT2D eigenvalue weighted by atomic mass is 10.1. The lowest BCUT2D eigenvalue weighted by molar-refractivity contribution is -0.121. The molecule has 0 aliphatic rings. The minimum atomic E-state index is -0.0353. The molecule has 0 saturated heterocycles. The monoisotopic (exact) mass is 245 g/mol. The zero-order valence-electron chi connectivity index (χ0n) is 10.9. The van der Waals surface area contributed by atoms with Crippen molar-refractivity contribution in [3.05, 3.63) is 35.4 Å². The van der Waals surface area contributed by atoms with Crippen molar-refractivity contribution in [3.63, 3.8) is 0 Å². The van der Waals surface area contributed by atoms with Crippen molar-refractivity contribution in [2.24, 2.45) is 0 Å². The number of rotatable bonds is 6. The Morgan fingerprint density at radius 3 is 2.61 bits per heavy atom. The van der Waals surface area contributed by atoms with Crippen LogP contribution in [0.3, 0.4) is 0 Å². The van der Waals surface area contributed by atoms with Crippen molar-refractivity contribution in [2.75, 3.05) is 13.1 Å². The summed E-state index contributed by atoms with van der Waals surface area (Å²) < 4.78 is 0. The van der Waals surface area contributed by atoms with Crippen molar-refractivity contribution < 1.29 is 4.79 Å². The quantitative estimate of drug-likeness (QED) is 0.750. The third-order valence-corrected chi connectivity index (χ3v) is 2.70. The molecule has 1 aromatic carbocycles. The minimum Gasteiger partial charge on any atom is -0.350 e. The van der Waals surface area contributed by atoms with Crippen molar-refractivity contribution in [2.45, 2.75) is 26.3 Å². The maximum atomic E-state index is 11.6. The zero-order chi connectivity index (χ0) is 13.4. The summed E-state index contributed by atoms with van der Waals surface area (Å²) in [6, 6.07) is 9.30. The molecular formula is C14H19N3O. The molecule has 0 heterocycles. The van der Waals surface area contributed by atoms with Gasteiger partial charge >= 0.3 is 0 Å². The fourth-order valence-corrected chi connectivity index (χ4v) is 1.62. The molecule has 1 unspecified atom stereocenters. The number of carbonyl (C=O) groups excluding carboxylic acids is 1. The second-order valence-corrected chi connectivity index (χ2v) is 4.13. The number of benzene rings is 1. The van der Waals surface area contributed by atoms with Gasteiger partial charge in [-0.2, -0.15) is 5.26 Å². The van der Waals surface area contributed by atoms with Crippen LogP contribution in [0.25, 0.3) is 0 Å². The summed E-state index contributed by atoms with van der Waals surface area (Å²) in [4.78, 5) is 11.6. The smallest absolute Gasteiger partial charge is 0.221 e. The van der Waals surface area contributed by atoms with Gasteiger partial charge in [-0.05, 0) is 31.2 Å². The molecule has 0 aliphatic carbocycles. The molecule has 96 valence electrons. The predicted molar refractivity (Wildman–Crippen MR) is 70.9 cm³/mol. The van der Waals surface area contributed by atoms with Gasteiger partial charge in [-0.15, -0.1) is 0 Å². The summed E-state index contributed by atoms with van der Waals surface area (Å²) in [7, 11) is 0. The highest BCUT2D eigenvalue weighted by molar-refractivity contribution is 5.76. The first-order valence-corrected chi connectivity index (χ1v) is 6.17. The standard InChI is InChI=1S/C14H19N3O/c1-3-16-9-8-14(18)17-11(2)13-6-4-12(10-15)5-7-13/h4-7,11,16H,3,8-9H2,1-2H3,(H,17,18). The molecule has 18 heavy (non-hydrogen) atoms. The SMILES string of the molecule is CCNCCC(=O)NC(C)c1ccc(C#N)cc1. The van der Waals surface area contributed by atoms with Crippen LogP contribution in [-0.4, -0.2) is 19.0 Å². The number of nitrogens with one attached hydrogen (secondary N) is 2. The maximum absolute atomic E-state index is 11.6. The van der Waals surface area contributed by atoms with Crippen LogP contribution < -0.4 is 10.6 Å². The fourth-order valence-electron chi connectivity index (χ4n) is 1.62. The Labute approximate surface area is 108 Å². The van der Waals surface area contributed by atoms with E-state index in [0.29, 0.717) is 18.5 Å². The molecule has 4 nitrogen and oxygen atoms in total. The Hall–Kier alpha value is -1.86. The van der Waals surface area contributed by atoms with Gasteiger partial charge in [-0.25, -0.2) is 0 Å². The summed E-state index contributed by atoms with van der Waals surface area (Å²) >= 11 is 0. The predicted octanol–water partition coefficient (Wildman–Crippen LogP) is 1.74. The average Bonchev–Trinajstić information content (AvgIpc) is 2.39. The van der Waals surface area contributed by atoms with Crippen LogP contribution >= 0.6 is 0 Å².